The summed E-state index contributed by atoms with van der Waals surface area (Å²) in [5.74, 6) is 0.896. The third-order valence-corrected chi connectivity index (χ3v) is 4.88. The standard InChI is InChI=1S/C14H24N2S/c1-14(2,13-4-3-9-17-13)11-16-8-6-12-5-7-15-10-12/h3-4,9,12,15-16H,5-8,10-11H2,1-2H3. The Morgan fingerprint density at radius 1 is 1.53 bits per heavy atom. The fourth-order valence-electron chi connectivity index (χ4n) is 2.42. The van der Waals surface area contributed by atoms with Crippen LogP contribution in [-0.2, 0) is 5.41 Å². The van der Waals surface area contributed by atoms with E-state index in [1.165, 1.54) is 30.8 Å². The van der Waals surface area contributed by atoms with E-state index in [0.29, 0.717) is 0 Å². The molecule has 1 fully saturated rings. The highest BCUT2D eigenvalue weighted by molar-refractivity contribution is 7.10. The average Bonchev–Trinajstić information content (AvgIpc) is 2.97. The van der Waals surface area contributed by atoms with Gasteiger partial charge in [0.25, 0.3) is 0 Å². The molecule has 0 aliphatic carbocycles. The maximum atomic E-state index is 3.62. The molecule has 1 aliphatic heterocycles. The highest BCUT2D eigenvalue weighted by Crippen LogP contribution is 2.26. The summed E-state index contributed by atoms with van der Waals surface area (Å²) in [5, 5.41) is 9.21. The largest absolute Gasteiger partial charge is 0.316 e. The Hall–Kier alpha value is -0.380. The van der Waals surface area contributed by atoms with Gasteiger partial charge in [-0.05, 0) is 49.8 Å². The lowest BCUT2D eigenvalue weighted by Crippen LogP contribution is -2.33. The number of nitrogens with one attached hydrogen (secondary N) is 2. The maximum Gasteiger partial charge on any atom is 0.0115 e. The number of hydrogen-bond donors (Lipinski definition) is 2. The van der Waals surface area contributed by atoms with Gasteiger partial charge in [0.1, 0.15) is 0 Å². The Labute approximate surface area is 109 Å². The van der Waals surface area contributed by atoms with Gasteiger partial charge in [0.2, 0.25) is 0 Å². The van der Waals surface area contributed by atoms with Crippen LogP contribution in [0.1, 0.15) is 31.6 Å². The third kappa shape index (κ3) is 3.80. The van der Waals surface area contributed by atoms with Gasteiger partial charge in [-0.15, -0.1) is 11.3 Å². The van der Waals surface area contributed by atoms with Crippen molar-refractivity contribution in [3.8, 4) is 0 Å². The second kappa shape index (κ2) is 5.98. The lowest BCUT2D eigenvalue weighted by Gasteiger charge is -2.24. The molecule has 1 saturated heterocycles. The van der Waals surface area contributed by atoms with Gasteiger partial charge in [-0.1, -0.05) is 19.9 Å². The van der Waals surface area contributed by atoms with Crippen LogP contribution in [0.4, 0.5) is 0 Å². The van der Waals surface area contributed by atoms with Gasteiger partial charge in [0.05, 0.1) is 0 Å². The average molecular weight is 252 g/mol. The molecule has 17 heavy (non-hydrogen) atoms. The first-order chi connectivity index (χ1) is 8.18. The van der Waals surface area contributed by atoms with Crippen LogP contribution in [0, 0.1) is 5.92 Å². The van der Waals surface area contributed by atoms with Crippen molar-refractivity contribution in [3.63, 3.8) is 0 Å². The molecule has 0 bridgehead atoms. The molecule has 1 aromatic rings. The van der Waals surface area contributed by atoms with Crippen molar-refractivity contribution in [3.05, 3.63) is 22.4 Å². The summed E-state index contributed by atoms with van der Waals surface area (Å²) in [4.78, 5) is 1.48. The minimum Gasteiger partial charge on any atom is -0.316 e. The molecular formula is C14H24N2S. The van der Waals surface area contributed by atoms with E-state index >= 15 is 0 Å². The zero-order valence-electron chi connectivity index (χ0n) is 11.0. The van der Waals surface area contributed by atoms with Crippen molar-refractivity contribution in [2.45, 2.75) is 32.1 Å². The zero-order valence-corrected chi connectivity index (χ0v) is 11.8. The molecule has 1 unspecified atom stereocenters. The third-order valence-electron chi connectivity index (χ3n) is 3.65. The van der Waals surface area contributed by atoms with Crippen LogP contribution in [0.15, 0.2) is 17.5 Å². The molecule has 0 saturated carbocycles. The van der Waals surface area contributed by atoms with Gasteiger partial charge in [0.15, 0.2) is 0 Å². The molecule has 2 rings (SSSR count). The second-order valence-corrected chi connectivity index (χ2v) is 6.63. The molecule has 96 valence electrons. The minimum absolute atomic E-state index is 0.266. The van der Waals surface area contributed by atoms with E-state index in [1.54, 1.807) is 0 Å². The molecule has 0 amide bonds. The first-order valence-corrected chi connectivity index (χ1v) is 7.52. The van der Waals surface area contributed by atoms with Gasteiger partial charge in [-0.3, -0.25) is 0 Å². The van der Waals surface area contributed by atoms with Gasteiger partial charge >= 0.3 is 0 Å². The van der Waals surface area contributed by atoms with Crippen molar-refractivity contribution in [1.29, 1.82) is 0 Å². The molecule has 1 aliphatic rings. The molecule has 2 nitrogen and oxygen atoms in total. The Morgan fingerprint density at radius 2 is 2.41 bits per heavy atom. The van der Waals surface area contributed by atoms with Gasteiger partial charge in [-0.25, -0.2) is 0 Å². The fraction of sp³-hybridized carbons (Fsp3) is 0.714. The minimum atomic E-state index is 0.266. The van der Waals surface area contributed by atoms with Gasteiger partial charge in [0, 0.05) is 16.8 Å². The topological polar surface area (TPSA) is 24.1 Å². The van der Waals surface area contributed by atoms with Crippen LogP contribution in [0.5, 0.6) is 0 Å². The molecule has 0 spiro atoms. The van der Waals surface area contributed by atoms with E-state index in [0.717, 1.165) is 19.0 Å². The first kappa shape index (κ1) is 13.1. The molecular weight excluding hydrogens is 228 g/mol. The van der Waals surface area contributed by atoms with Crippen LogP contribution in [0.3, 0.4) is 0 Å². The highest BCUT2D eigenvalue weighted by atomic mass is 32.1. The van der Waals surface area contributed by atoms with Crippen molar-refractivity contribution < 1.29 is 0 Å². The van der Waals surface area contributed by atoms with Crippen LogP contribution in [0.2, 0.25) is 0 Å². The Kier molecular flexibility index (Phi) is 4.60. The summed E-state index contributed by atoms with van der Waals surface area (Å²) in [7, 11) is 0. The van der Waals surface area contributed by atoms with Crippen LogP contribution in [0.25, 0.3) is 0 Å². The lowest BCUT2D eigenvalue weighted by molar-refractivity contribution is 0.442. The van der Waals surface area contributed by atoms with E-state index in [4.69, 9.17) is 0 Å². The van der Waals surface area contributed by atoms with Crippen molar-refractivity contribution in [1.82, 2.24) is 10.6 Å². The normalized spacial score (nSPS) is 20.9. The molecule has 1 atom stereocenters. The quantitative estimate of drug-likeness (QED) is 0.761. The molecule has 0 radical (unpaired) electrons. The van der Waals surface area contributed by atoms with Crippen molar-refractivity contribution in [2.75, 3.05) is 26.2 Å². The van der Waals surface area contributed by atoms with Crippen molar-refractivity contribution in [2.24, 2.45) is 5.92 Å². The smallest absolute Gasteiger partial charge is 0.0115 e. The number of rotatable bonds is 6. The monoisotopic (exact) mass is 252 g/mol. The number of hydrogen-bond acceptors (Lipinski definition) is 3. The van der Waals surface area contributed by atoms with E-state index in [2.05, 4.69) is 42.0 Å². The van der Waals surface area contributed by atoms with E-state index in [1.807, 2.05) is 11.3 Å². The second-order valence-electron chi connectivity index (χ2n) is 5.69. The summed E-state index contributed by atoms with van der Waals surface area (Å²) in [5.41, 5.74) is 0.266. The number of thiophene rings is 1. The highest BCUT2D eigenvalue weighted by Gasteiger charge is 2.21. The van der Waals surface area contributed by atoms with Crippen LogP contribution < -0.4 is 10.6 Å². The summed E-state index contributed by atoms with van der Waals surface area (Å²) in [6, 6.07) is 4.39. The molecule has 2 heterocycles. The predicted molar refractivity (Wildman–Crippen MR) is 75.8 cm³/mol. The maximum absolute atomic E-state index is 3.62. The van der Waals surface area contributed by atoms with Gasteiger partial charge < -0.3 is 10.6 Å². The molecule has 2 N–H and O–H groups in total. The predicted octanol–water partition coefficient (Wildman–Crippen LogP) is 2.61. The van der Waals surface area contributed by atoms with Crippen LogP contribution in [-0.4, -0.2) is 26.2 Å². The van der Waals surface area contributed by atoms with E-state index in [-0.39, 0.29) is 5.41 Å². The summed E-state index contributed by atoms with van der Waals surface area (Å²) in [6.07, 6.45) is 2.67. The van der Waals surface area contributed by atoms with Crippen molar-refractivity contribution >= 4 is 11.3 Å². The van der Waals surface area contributed by atoms with Gasteiger partial charge in [-0.2, -0.15) is 0 Å². The molecule has 1 aromatic heterocycles. The first-order valence-electron chi connectivity index (χ1n) is 6.64. The summed E-state index contributed by atoms with van der Waals surface area (Å²) >= 11 is 1.86. The fourth-order valence-corrected chi connectivity index (χ4v) is 3.27. The molecule has 3 heteroatoms. The lowest BCUT2D eigenvalue weighted by atomic mass is 9.91. The zero-order chi connectivity index (χ0) is 12.1. The summed E-state index contributed by atoms with van der Waals surface area (Å²) in [6.45, 7) is 9.31. The Balaban J connectivity index is 1.67. The molecule has 0 aromatic carbocycles. The SMILES string of the molecule is CC(C)(CNCCC1CCNC1)c1cccs1. The summed E-state index contributed by atoms with van der Waals surface area (Å²) < 4.78 is 0. The van der Waals surface area contributed by atoms with Crippen LogP contribution >= 0.6 is 11.3 Å². The van der Waals surface area contributed by atoms with E-state index in [9.17, 15) is 0 Å². The Morgan fingerprint density at radius 3 is 3.06 bits per heavy atom. The Bertz CT molecular complexity index is 313. The van der Waals surface area contributed by atoms with E-state index < -0.39 is 0 Å².